The van der Waals surface area contributed by atoms with Gasteiger partial charge in [-0.05, 0) is 44.0 Å². The van der Waals surface area contributed by atoms with Gasteiger partial charge < -0.3 is 15.1 Å². The lowest BCUT2D eigenvalue weighted by atomic mass is 10.1. The molecule has 7 heteroatoms. The highest BCUT2D eigenvalue weighted by Gasteiger charge is 2.38. The zero-order chi connectivity index (χ0) is 18.7. The maximum absolute atomic E-state index is 12.4. The Morgan fingerprint density at radius 2 is 2.08 bits per heavy atom. The third-order valence-corrected chi connectivity index (χ3v) is 4.32. The van der Waals surface area contributed by atoms with Crippen LogP contribution in [0.25, 0.3) is 0 Å². The molecular formula is C19H21N3O4. The summed E-state index contributed by atoms with van der Waals surface area (Å²) in [5.41, 5.74) is 2.85. The fraction of sp³-hybridized carbons (Fsp3) is 0.316. The smallest absolute Gasteiger partial charge is 0.325 e. The Labute approximate surface area is 151 Å². The van der Waals surface area contributed by atoms with Crippen LogP contribution >= 0.6 is 0 Å². The lowest BCUT2D eigenvalue weighted by molar-refractivity contribution is -0.128. The first kappa shape index (κ1) is 17.7. The second-order valence-corrected chi connectivity index (χ2v) is 6.41. The molecule has 1 fully saturated rings. The molecule has 7 nitrogen and oxygen atoms in total. The number of rotatable bonds is 6. The fourth-order valence-electron chi connectivity index (χ4n) is 2.92. The van der Waals surface area contributed by atoms with Gasteiger partial charge in [0.1, 0.15) is 11.8 Å². The monoisotopic (exact) mass is 355 g/mol. The molecule has 3 rings (SSSR count). The van der Waals surface area contributed by atoms with Gasteiger partial charge in [-0.3, -0.25) is 14.5 Å². The number of furan rings is 1. The van der Waals surface area contributed by atoms with E-state index in [0.29, 0.717) is 5.76 Å². The summed E-state index contributed by atoms with van der Waals surface area (Å²) < 4.78 is 5.17. The number of imide groups is 1. The fourth-order valence-corrected chi connectivity index (χ4v) is 2.92. The van der Waals surface area contributed by atoms with Crippen molar-refractivity contribution in [1.29, 1.82) is 0 Å². The van der Waals surface area contributed by atoms with E-state index in [1.165, 1.54) is 6.26 Å². The van der Waals surface area contributed by atoms with Crippen LogP contribution in [-0.4, -0.2) is 28.8 Å². The predicted molar refractivity (Wildman–Crippen MR) is 95.4 cm³/mol. The van der Waals surface area contributed by atoms with Gasteiger partial charge in [0.05, 0.1) is 12.8 Å². The lowest BCUT2D eigenvalue weighted by Crippen LogP contribution is -2.31. The van der Waals surface area contributed by atoms with E-state index in [9.17, 15) is 14.4 Å². The number of anilines is 1. The Hall–Kier alpha value is -3.09. The molecule has 0 spiro atoms. The van der Waals surface area contributed by atoms with Gasteiger partial charge in [0.15, 0.2) is 0 Å². The second kappa shape index (κ2) is 7.43. The topological polar surface area (TPSA) is 91.7 Å². The number of urea groups is 1. The van der Waals surface area contributed by atoms with Crippen molar-refractivity contribution in [2.75, 3.05) is 5.32 Å². The van der Waals surface area contributed by atoms with Crippen molar-refractivity contribution in [3.8, 4) is 0 Å². The zero-order valence-electron chi connectivity index (χ0n) is 14.7. The summed E-state index contributed by atoms with van der Waals surface area (Å²) in [4.78, 5) is 37.6. The van der Waals surface area contributed by atoms with Crippen molar-refractivity contribution in [3.63, 3.8) is 0 Å². The number of nitrogens with zero attached hydrogens (tertiary/aromatic N) is 1. The Balaban J connectivity index is 1.53. The molecule has 1 aliphatic rings. The summed E-state index contributed by atoms with van der Waals surface area (Å²) in [6, 6.07) is 8.01. The number of amides is 4. The molecule has 2 N–H and O–H groups in total. The summed E-state index contributed by atoms with van der Waals surface area (Å²) in [5.74, 6) is -0.00376. The van der Waals surface area contributed by atoms with Crippen molar-refractivity contribution < 1.29 is 18.8 Å². The molecule has 1 aliphatic heterocycles. The number of hydrogen-bond donors (Lipinski definition) is 2. The van der Waals surface area contributed by atoms with Crippen LogP contribution in [0.2, 0.25) is 0 Å². The first-order valence-corrected chi connectivity index (χ1v) is 8.45. The van der Waals surface area contributed by atoms with Gasteiger partial charge >= 0.3 is 6.03 Å². The SMILES string of the molecule is Cc1ccc(NC(=O)CC[C@H]2NC(=O)N(Cc3ccco3)C2=O)c(C)c1. The predicted octanol–water partition coefficient (Wildman–Crippen LogP) is 2.74. The van der Waals surface area contributed by atoms with E-state index in [1.54, 1.807) is 12.1 Å². The molecule has 0 radical (unpaired) electrons. The summed E-state index contributed by atoms with van der Waals surface area (Å²) in [7, 11) is 0. The molecule has 1 aromatic carbocycles. The average molecular weight is 355 g/mol. The number of hydrogen-bond acceptors (Lipinski definition) is 4. The van der Waals surface area contributed by atoms with Crippen molar-refractivity contribution in [1.82, 2.24) is 10.2 Å². The minimum Gasteiger partial charge on any atom is -0.467 e. The Morgan fingerprint density at radius 1 is 1.27 bits per heavy atom. The molecule has 0 bridgehead atoms. The second-order valence-electron chi connectivity index (χ2n) is 6.41. The van der Waals surface area contributed by atoms with Crippen LogP contribution in [0.15, 0.2) is 41.0 Å². The standard InChI is InChI=1S/C19H21N3O4/c1-12-5-6-15(13(2)10-12)20-17(23)8-7-16-18(24)22(19(25)21-16)11-14-4-3-9-26-14/h3-6,9-10,16H,7-8,11H2,1-2H3,(H,20,23)(H,21,25)/t16-/m1/s1. The summed E-state index contributed by atoms with van der Waals surface area (Å²) in [6.07, 6.45) is 1.87. The highest BCUT2D eigenvalue weighted by atomic mass is 16.3. The summed E-state index contributed by atoms with van der Waals surface area (Å²) in [5, 5.41) is 5.46. The van der Waals surface area contributed by atoms with Gasteiger partial charge in [-0.1, -0.05) is 17.7 Å². The van der Waals surface area contributed by atoms with E-state index in [4.69, 9.17) is 4.42 Å². The third-order valence-electron chi connectivity index (χ3n) is 4.32. The van der Waals surface area contributed by atoms with Gasteiger partial charge in [-0.15, -0.1) is 0 Å². The maximum atomic E-state index is 12.4. The van der Waals surface area contributed by atoms with Crippen molar-refractivity contribution in [2.24, 2.45) is 0 Å². The van der Waals surface area contributed by atoms with Crippen LogP contribution in [-0.2, 0) is 16.1 Å². The number of carbonyl (C=O) groups is 3. The first-order valence-electron chi connectivity index (χ1n) is 8.45. The highest BCUT2D eigenvalue weighted by molar-refractivity contribution is 6.04. The Morgan fingerprint density at radius 3 is 2.77 bits per heavy atom. The van der Waals surface area contributed by atoms with E-state index in [-0.39, 0.29) is 31.2 Å². The average Bonchev–Trinajstić information content (AvgIpc) is 3.19. The first-order chi connectivity index (χ1) is 12.4. The van der Waals surface area contributed by atoms with Crippen LogP contribution in [0.4, 0.5) is 10.5 Å². The van der Waals surface area contributed by atoms with E-state index in [0.717, 1.165) is 21.7 Å². The number of benzene rings is 1. The molecule has 0 saturated carbocycles. The van der Waals surface area contributed by atoms with Crippen LogP contribution in [0.3, 0.4) is 0 Å². The van der Waals surface area contributed by atoms with Crippen LogP contribution in [0.1, 0.15) is 29.7 Å². The van der Waals surface area contributed by atoms with Crippen LogP contribution < -0.4 is 10.6 Å². The molecule has 0 aliphatic carbocycles. The molecule has 2 heterocycles. The molecule has 26 heavy (non-hydrogen) atoms. The minimum atomic E-state index is -0.692. The van der Waals surface area contributed by atoms with Crippen LogP contribution in [0.5, 0.6) is 0 Å². The summed E-state index contributed by atoms with van der Waals surface area (Å²) >= 11 is 0. The third kappa shape index (κ3) is 3.93. The highest BCUT2D eigenvalue weighted by Crippen LogP contribution is 2.18. The quantitative estimate of drug-likeness (QED) is 0.780. The van der Waals surface area contributed by atoms with Crippen molar-refractivity contribution >= 4 is 23.5 Å². The van der Waals surface area contributed by atoms with Gasteiger partial charge in [-0.2, -0.15) is 0 Å². The summed E-state index contributed by atoms with van der Waals surface area (Å²) in [6.45, 7) is 4.00. The normalized spacial score (nSPS) is 16.7. The lowest BCUT2D eigenvalue weighted by Gasteiger charge is -2.12. The number of nitrogens with one attached hydrogen (secondary N) is 2. The Kier molecular flexibility index (Phi) is 5.06. The minimum absolute atomic E-state index is 0.0862. The van der Waals surface area contributed by atoms with Gasteiger partial charge in [0, 0.05) is 12.1 Å². The molecule has 4 amide bonds. The van der Waals surface area contributed by atoms with Crippen LogP contribution in [0, 0.1) is 13.8 Å². The van der Waals surface area contributed by atoms with Gasteiger partial charge in [0.2, 0.25) is 5.91 Å². The van der Waals surface area contributed by atoms with E-state index >= 15 is 0 Å². The van der Waals surface area contributed by atoms with Gasteiger partial charge in [-0.25, -0.2) is 4.79 Å². The van der Waals surface area contributed by atoms with E-state index in [1.807, 2.05) is 32.0 Å². The Bertz CT molecular complexity index is 829. The molecule has 1 saturated heterocycles. The molecule has 0 unspecified atom stereocenters. The van der Waals surface area contributed by atoms with Gasteiger partial charge in [0.25, 0.3) is 5.91 Å². The molecular weight excluding hydrogens is 334 g/mol. The molecule has 2 aromatic rings. The van der Waals surface area contributed by atoms with E-state index < -0.39 is 12.1 Å². The number of aryl methyl sites for hydroxylation is 2. The maximum Gasteiger partial charge on any atom is 0.325 e. The van der Waals surface area contributed by atoms with E-state index in [2.05, 4.69) is 10.6 Å². The molecule has 1 atom stereocenters. The zero-order valence-corrected chi connectivity index (χ0v) is 14.7. The molecule has 1 aromatic heterocycles. The van der Waals surface area contributed by atoms with Crippen molar-refractivity contribution in [3.05, 3.63) is 53.5 Å². The number of carbonyl (C=O) groups excluding carboxylic acids is 3. The van der Waals surface area contributed by atoms with Crippen molar-refractivity contribution in [2.45, 2.75) is 39.3 Å². The molecule has 136 valence electrons. The largest absolute Gasteiger partial charge is 0.467 e.